The monoisotopic (exact) mass is 409 g/mol. The van der Waals surface area contributed by atoms with Crippen molar-refractivity contribution in [3.8, 4) is 5.75 Å². The third-order valence-electron chi connectivity index (χ3n) is 4.02. The van der Waals surface area contributed by atoms with Crippen LogP contribution < -0.4 is 10.1 Å². The van der Waals surface area contributed by atoms with Gasteiger partial charge in [-0.2, -0.15) is 13.2 Å². The van der Waals surface area contributed by atoms with Gasteiger partial charge in [0.25, 0.3) is 5.91 Å². The minimum atomic E-state index is -4.43. The predicted molar refractivity (Wildman–Crippen MR) is 99.5 cm³/mol. The van der Waals surface area contributed by atoms with Crippen LogP contribution in [0.5, 0.6) is 5.75 Å². The van der Waals surface area contributed by atoms with Crippen molar-refractivity contribution in [2.24, 2.45) is 5.92 Å². The van der Waals surface area contributed by atoms with Gasteiger partial charge in [0, 0.05) is 29.8 Å². The van der Waals surface area contributed by atoms with E-state index in [0.717, 1.165) is 0 Å². The molecule has 0 aliphatic heterocycles. The number of Topliss-reactive ketones (excluding diaryl/α,β-unsaturated/α-hetero) is 1. The SMILES string of the molecule is Cc1cc(CNC(=O)c2ccnc(CC(=O)C(C)C)c2)ncc1OCC(F)(F)F. The maximum Gasteiger partial charge on any atom is 0.422 e. The highest BCUT2D eigenvalue weighted by molar-refractivity contribution is 5.94. The van der Waals surface area contributed by atoms with E-state index in [0.29, 0.717) is 22.5 Å². The van der Waals surface area contributed by atoms with E-state index >= 15 is 0 Å². The fraction of sp³-hybridized carbons (Fsp3) is 0.400. The number of hydrogen-bond donors (Lipinski definition) is 1. The molecule has 0 fully saturated rings. The first-order chi connectivity index (χ1) is 13.5. The standard InChI is InChI=1S/C20H22F3N3O3/c1-12(2)17(27)8-15-7-14(4-5-24-15)19(28)26-9-16-6-13(3)18(10-25-16)29-11-20(21,22)23/h4-7,10,12H,8-9,11H2,1-3H3,(H,26,28). The number of carbonyl (C=O) groups excluding carboxylic acids is 2. The summed E-state index contributed by atoms with van der Waals surface area (Å²) in [5.74, 6) is -0.428. The Labute approximate surface area is 166 Å². The lowest BCUT2D eigenvalue weighted by Gasteiger charge is -2.12. The van der Waals surface area contributed by atoms with E-state index in [1.807, 2.05) is 0 Å². The summed E-state index contributed by atoms with van der Waals surface area (Å²) >= 11 is 0. The zero-order valence-electron chi connectivity index (χ0n) is 16.3. The zero-order chi connectivity index (χ0) is 21.6. The molecule has 0 atom stereocenters. The summed E-state index contributed by atoms with van der Waals surface area (Å²) in [7, 11) is 0. The highest BCUT2D eigenvalue weighted by Gasteiger charge is 2.28. The molecule has 0 unspecified atom stereocenters. The van der Waals surface area contributed by atoms with Crippen LogP contribution in [0.25, 0.3) is 0 Å². The number of ketones is 1. The zero-order valence-corrected chi connectivity index (χ0v) is 16.3. The van der Waals surface area contributed by atoms with Gasteiger partial charge in [0.05, 0.1) is 18.4 Å². The number of rotatable bonds is 8. The molecule has 2 aromatic heterocycles. The number of aromatic nitrogens is 2. The Kier molecular flexibility index (Phi) is 7.30. The number of nitrogens with zero attached hydrogens (tertiary/aromatic N) is 2. The van der Waals surface area contributed by atoms with Crippen LogP contribution in [0.1, 0.15) is 41.2 Å². The van der Waals surface area contributed by atoms with E-state index in [1.54, 1.807) is 32.9 Å². The summed E-state index contributed by atoms with van der Waals surface area (Å²) < 4.78 is 41.4. The van der Waals surface area contributed by atoms with Crippen LogP contribution in [-0.4, -0.2) is 34.4 Å². The van der Waals surface area contributed by atoms with Crippen LogP contribution in [-0.2, 0) is 17.8 Å². The lowest BCUT2D eigenvalue weighted by molar-refractivity contribution is -0.153. The van der Waals surface area contributed by atoms with Crippen LogP contribution in [0.2, 0.25) is 0 Å². The molecule has 1 N–H and O–H groups in total. The van der Waals surface area contributed by atoms with E-state index < -0.39 is 12.8 Å². The number of hydrogen-bond acceptors (Lipinski definition) is 5. The van der Waals surface area contributed by atoms with Crippen LogP contribution in [0.3, 0.4) is 0 Å². The van der Waals surface area contributed by atoms with Gasteiger partial charge in [-0.25, -0.2) is 0 Å². The Morgan fingerprint density at radius 1 is 1.17 bits per heavy atom. The molecular weight excluding hydrogens is 387 g/mol. The first kappa shape index (κ1) is 22.3. The van der Waals surface area contributed by atoms with Crippen molar-refractivity contribution in [3.05, 3.63) is 53.1 Å². The number of alkyl halides is 3. The van der Waals surface area contributed by atoms with Crippen LogP contribution in [0.15, 0.2) is 30.6 Å². The molecule has 0 saturated carbocycles. The number of nitrogens with one attached hydrogen (secondary N) is 1. The summed E-state index contributed by atoms with van der Waals surface area (Å²) in [4.78, 5) is 32.3. The Bertz CT molecular complexity index is 883. The lowest BCUT2D eigenvalue weighted by Crippen LogP contribution is -2.24. The van der Waals surface area contributed by atoms with Gasteiger partial charge in [0.2, 0.25) is 0 Å². The van der Waals surface area contributed by atoms with E-state index in [1.165, 1.54) is 18.5 Å². The number of aryl methyl sites for hydroxylation is 1. The Hall–Kier alpha value is -2.97. The van der Waals surface area contributed by atoms with Crippen molar-refractivity contribution in [2.75, 3.05) is 6.61 Å². The quantitative estimate of drug-likeness (QED) is 0.723. The van der Waals surface area contributed by atoms with Crippen molar-refractivity contribution in [3.63, 3.8) is 0 Å². The predicted octanol–water partition coefficient (Wildman–Crippen LogP) is 3.42. The molecule has 0 radical (unpaired) electrons. The third-order valence-corrected chi connectivity index (χ3v) is 4.02. The van der Waals surface area contributed by atoms with Crippen molar-refractivity contribution < 1.29 is 27.5 Å². The minimum absolute atomic E-state index is 0.0302. The van der Waals surface area contributed by atoms with Gasteiger partial charge in [-0.3, -0.25) is 19.6 Å². The molecule has 2 rings (SSSR count). The molecular formula is C20H22F3N3O3. The summed E-state index contributed by atoms with van der Waals surface area (Å²) in [5, 5.41) is 2.69. The number of carbonyl (C=O) groups is 2. The van der Waals surface area contributed by atoms with E-state index in [2.05, 4.69) is 15.3 Å². The molecule has 0 aliphatic rings. The highest BCUT2D eigenvalue weighted by atomic mass is 19.4. The molecule has 156 valence electrons. The largest absolute Gasteiger partial charge is 0.482 e. The van der Waals surface area contributed by atoms with Crippen molar-refractivity contribution in [1.29, 1.82) is 0 Å². The Balaban J connectivity index is 1.97. The number of pyridine rings is 2. The fourth-order valence-electron chi connectivity index (χ4n) is 2.38. The number of amides is 1. The Morgan fingerprint density at radius 2 is 1.90 bits per heavy atom. The van der Waals surface area contributed by atoms with Gasteiger partial charge >= 0.3 is 6.18 Å². The average molecular weight is 409 g/mol. The molecule has 0 spiro atoms. The second-order valence-corrected chi connectivity index (χ2v) is 6.86. The summed E-state index contributed by atoms with van der Waals surface area (Å²) in [6, 6.07) is 4.64. The van der Waals surface area contributed by atoms with Gasteiger partial charge in [-0.05, 0) is 30.7 Å². The molecule has 0 saturated heterocycles. The molecule has 1 amide bonds. The third kappa shape index (κ3) is 7.17. The first-order valence-electron chi connectivity index (χ1n) is 8.96. The number of halogens is 3. The molecule has 2 aromatic rings. The van der Waals surface area contributed by atoms with Crippen molar-refractivity contribution >= 4 is 11.7 Å². The smallest absolute Gasteiger partial charge is 0.422 e. The maximum atomic E-state index is 12.4. The maximum absolute atomic E-state index is 12.4. The first-order valence-corrected chi connectivity index (χ1v) is 8.96. The van der Waals surface area contributed by atoms with Gasteiger partial charge in [0.1, 0.15) is 11.5 Å². The highest BCUT2D eigenvalue weighted by Crippen LogP contribution is 2.21. The molecule has 0 bridgehead atoms. The Morgan fingerprint density at radius 3 is 2.52 bits per heavy atom. The lowest BCUT2D eigenvalue weighted by atomic mass is 10.0. The van der Waals surface area contributed by atoms with Gasteiger partial charge in [-0.15, -0.1) is 0 Å². The molecule has 0 aliphatic carbocycles. The molecule has 29 heavy (non-hydrogen) atoms. The summed E-state index contributed by atoms with van der Waals surface area (Å²) in [6.45, 7) is 3.89. The summed E-state index contributed by atoms with van der Waals surface area (Å²) in [6.07, 6.45) is -1.61. The molecule has 9 heteroatoms. The van der Waals surface area contributed by atoms with Crippen LogP contribution >= 0.6 is 0 Å². The van der Waals surface area contributed by atoms with Gasteiger partial charge < -0.3 is 10.1 Å². The normalized spacial score (nSPS) is 11.4. The van der Waals surface area contributed by atoms with E-state index in [9.17, 15) is 22.8 Å². The minimum Gasteiger partial charge on any atom is -0.482 e. The number of ether oxygens (including phenoxy) is 1. The van der Waals surface area contributed by atoms with Crippen LogP contribution in [0, 0.1) is 12.8 Å². The second kappa shape index (κ2) is 9.49. The molecule has 0 aromatic carbocycles. The molecule has 6 nitrogen and oxygen atoms in total. The van der Waals surface area contributed by atoms with E-state index in [-0.39, 0.29) is 36.3 Å². The van der Waals surface area contributed by atoms with Gasteiger partial charge in [-0.1, -0.05) is 13.8 Å². The van der Waals surface area contributed by atoms with E-state index in [4.69, 9.17) is 4.74 Å². The fourth-order valence-corrected chi connectivity index (χ4v) is 2.38. The van der Waals surface area contributed by atoms with Gasteiger partial charge in [0.15, 0.2) is 6.61 Å². The van der Waals surface area contributed by atoms with Crippen molar-refractivity contribution in [1.82, 2.24) is 15.3 Å². The average Bonchev–Trinajstić information content (AvgIpc) is 2.64. The second-order valence-electron chi connectivity index (χ2n) is 6.86. The summed E-state index contributed by atoms with van der Waals surface area (Å²) in [5.41, 5.74) is 1.82. The topological polar surface area (TPSA) is 81.2 Å². The van der Waals surface area contributed by atoms with Crippen LogP contribution in [0.4, 0.5) is 13.2 Å². The van der Waals surface area contributed by atoms with Crippen molar-refractivity contribution in [2.45, 2.75) is 39.9 Å². The molecule has 2 heterocycles.